The molecule has 1 unspecified atom stereocenters. The Hall–Kier alpha value is -0.0400. The molecular formula is C16H30O. The van der Waals surface area contributed by atoms with Crippen LogP contribution in [0.3, 0.4) is 0 Å². The average Bonchev–Trinajstić information content (AvgIpc) is 2.30. The van der Waals surface area contributed by atoms with Crippen molar-refractivity contribution in [2.24, 2.45) is 17.8 Å². The highest BCUT2D eigenvalue weighted by Gasteiger charge is 2.41. The molecule has 0 radical (unpaired) electrons. The molecule has 2 rings (SSSR count). The normalized spacial score (nSPS) is 42.2. The number of hydrogen-bond acceptors (Lipinski definition) is 1. The molecule has 1 nitrogen and oxygen atoms in total. The van der Waals surface area contributed by atoms with Crippen molar-refractivity contribution < 1.29 is 5.11 Å². The van der Waals surface area contributed by atoms with Gasteiger partial charge in [-0.3, -0.25) is 0 Å². The van der Waals surface area contributed by atoms with Gasteiger partial charge in [-0.05, 0) is 56.3 Å². The molecule has 2 aliphatic rings. The summed E-state index contributed by atoms with van der Waals surface area (Å²) in [6, 6.07) is 0. The Morgan fingerprint density at radius 2 is 1.88 bits per heavy atom. The van der Waals surface area contributed by atoms with Gasteiger partial charge in [-0.2, -0.15) is 0 Å². The first-order valence-corrected chi connectivity index (χ1v) is 7.89. The van der Waals surface area contributed by atoms with Gasteiger partial charge in [-0.25, -0.2) is 0 Å². The van der Waals surface area contributed by atoms with E-state index in [1.165, 1.54) is 38.5 Å². The van der Waals surface area contributed by atoms with Crippen LogP contribution in [0.4, 0.5) is 0 Å². The van der Waals surface area contributed by atoms with Gasteiger partial charge in [-0.15, -0.1) is 0 Å². The van der Waals surface area contributed by atoms with E-state index in [1.54, 1.807) is 0 Å². The maximum atomic E-state index is 10.6. The average molecular weight is 238 g/mol. The first-order valence-electron chi connectivity index (χ1n) is 7.89. The third-order valence-electron chi connectivity index (χ3n) is 5.28. The summed E-state index contributed by atoms with van der Waals surface area (Å²) >= 11 is 0. The van der Waals surface area contributed by atoms with Gasteiger partial charge < -0.3 is 5.11 Å². The Balaban J connectivity index is 1.88. The van der Waals surface area contributed by atoms with E-state index in [0.29, 0.717) is 0 Å². The Kier molecular flexibility index (Phi) is 4.52. The van der Waals surface area contributed by atoms with Crippen LogP contribution in [0.1, 0.15) is 78.1 Å². The van der Waals surface area contributed by atoms with Gasteiger partial charge >= 0.3 is 0 Å². The summed E-state index contributed by atoms with van der Waals surface area (Å²) in [6.45, 7) is 4.51. The summed E-state index contributed by atoms with van der Waals surface area (Å²) in [6.07, 6.45) is 12.7. The fourth-order valence-corrected chi connectivity index (χ4v) is 4.45. The summed E-state index contributed by atoms with van der Waals surface area (Å²) in [5, 5.41) is 10.6. The molecule has 0 saturated heterocycles. The van der Waals surface area contributed by atoms with E-state index in [1.807, 2.05) is 0 Å². The predicted molar refractivity (Wildman–Crippen MR) is 72.9 cm³/mol. The number of rotatable bonds is 4. The maximum Gasteiger partial charge on any atom is 0.0650 e. The molecule has 4 atom stereocenters. The highest BCUT2D eigenvalue weighted by molar-refractivity contribution is 4.93. The lowest BCUT2D eigenvalue weighted by molar-refractivity contribution is -0.0571. The zero-order chi connectivity index (χ0) is 12.3. The van der Waals surface area contributed by atoms with Crippen LogP contribution in [0, 0.1) is 17.8 Å². The monoisotopic (exact) mass is 238 g/mol. The Labute approximate surface area is 107 Å². The molecule has 1 heteroatoms. The van der Waals surface area contributed by atoms with Crippen LogP contribution in [0.2, 0.25) is 0 Å². The minimum atomic E-state index is -0.298. The summed E-state index contributed by atoms with van der Waals surface area (Å²) in [5.41, 5.74) is -0.298. The molecule has 2 saturated carbocycles. The lowest BCUT2D eigenvalue weighted by Gasteiger charge is -2.46. The minimum Gasteiger partial charge on any atom is -0.390 e. The molecule has 100 valence electrons. The highest BCUT2D eigenvalue weighted by Crippen LogP contribution is 2.47. The SMILES string of the molecule is CCC[C@H]1CCC2C[C@@](O)(CCC)CC[C@H]2C1. The Morgan fingerprint density at radius 3 is 2.59 bits per heavy atom. The largest absolute Gasteiger partial charge is 0.390 e. The molecule has 0 heterocycles. The van der Waals surface area contributed by atoms with Crippen LogP contribution in [0.15, 0.2) is 0 Å². The smallest absolute Gasteiger partial charge is 0.0650 e. The molecule has 1 N–H and O–H groups in total. The molecule has 17 heavy (non-hydrogen) atoms. The van der Waals surface area contributed by atoms with Crippen molar-refractivity contribution in [3.05, 3.63) is 0 Å². The molecular weight excluding hydrogens is 208 g/mol. The minimum absolute atomic E-state index is 0.298. The fourth-order valence-electron chi connectivity index (χ4n) is 4.45. The van der Waals surface area contributed by atoms with Crippen molar-refractivity contribution in [2.75, 3.05) is 0 Å². The summed E-state index contributed by atoms with van der Waals surface area (Å²) in [4.78, 5) is 0. The van der Waals surface area contributed by atoms with Gasteiger partial charge in [-0.1, -0.05) is 39.5 Å². The molecule has 0 spiro atoms. The number of fused-ring (bicyclic) bond motifs is 1. The van der Waals surface area contributed by atoms with Crippen LogP contribution < -0.4 is 0 Å². The zero-order valence-corrected chi connectivity index (χ0v) is 11.8. The van der Waals surface area contributed by atoms with Crippen LogP contribution in [0.25, 0.3) is 0 Å². The van der Waals surface area contributed by atoms with E-state index in [9.17, 15) is 5.11 Å². The molecule has 0 bridgehead atoms. The predicted octanol–water partition coefficient (Wildman–Crippen LogP) is 4.53. The van der Waals surface area contributed by atoms with Crippen LogP contribution in [-0.4, -0.2) is 10.7 Å². The Morgan fingerprint density at radius 1 is 1.06 bits per heavy atom. The molecule has 2 fully saturated rings. The summed E-state index contributed by atoms with van der Waals surface area (Å²) in [5.74, 6) is 2.78. The van der Waals surface area contributed by atoms with Crippen molar-refractivity contribution in [1.82, 2.24) is 0 Å². The third-order valence-corrected chi connectivity index (χ3v) is 5.28. The zero-order valence-electron chi connectivity index (χ0n) is 11.8. The molecule has 0 aromatic rings. The standard InChI is InChI=1S/C16H30O/c1-3-5-13-6-7-15-12-16(17,9-4-2)10-8-14(15)11-13/h13-15,17H,3-12H2,1-2H3/t13-,14-,15?,16+/m0/s1. The quantitative estimate of drug-likeness (QED) is 0.762. The highest BCUT2D eigenvalue weighted by atomic mass is 16.3. The first-order chi connectivity index (χ1) is 8.17. The molecule has 0 aromatic heterocycles. The van der Waals surface area contributed by atoms with Crippen LogP contribution >= 0.6 is 0 Å². The van der Waals surface area contributed by atoms with Gasteiger partial charge in [0.15, 0.2) is 0 Å². The van der Waals surface area contributed by atoms with Crippen molar-refractivity contribution in [3.8, 4) is 0 Å². The first kappa shape index (κ1) is 13.4. The maximum absolute atomic E-state index is 10.6. The van der Waals surface area contributed by atoms with E-state index in [4.69, 9.17) is 0 Å². The lowest BCUT2D eigenvalue weighted by atomic mass is 9.62. The van der Waals surface area contributed by atoms with Gasteiger partial charge in [0.1, 0.15) is 0 Å². The van der Waals surface area contributed by atoms with E-state index in [-0.39, 0.29) is 5.60 Å². The van der Waals surface area contributed by atoms with E-state index in [0.717, 1.165) is 43.4 Å². The van der Waals surface area contributed by atoms with Gasteiger partial charge in [0.2, 0.25) is 0 Å². The Bertz CT molecular complexity index is 238. The second kappa shape index (κ2) is 5.73. The number of hydrogen-bond donors (Lipinski definition) is 1. The van der Waals surface area contributed by atoms with Gasteiger partial charge in [0, 0.05) is 0 Å². The van der Waals surface area contributed by atoms with Crippen molar-refractivity contribution in [2.45, 2.75) is 83.7 Å². The second-order valence-corrected chi connectivity index (χ2v) is 6.71. The third kappa shape index (κ3) is 3.24. The van der Waals surface area contributed by atoms with E-state index < -0.39 is 0 Å². The fraction of sp³-hybridized carbons (Fsp3) is 1.00. The molecule has 0 amide bonds. The topological polar surface area (TPSA) is 20.2 Å². The summed E-state index contributed by atoms with van der Waals surface area (Å²) in [7, 11) is 0. The van der Waals surface area contributed by atoms with E-state index in [2.05, 4.69) is 13.8 Å². The second-order valence-electron chi connectivity index (χ2n) is 6.71. The molecule has 2 aliphatic carbocycles. The molecule has 0 aromatic carbocycles. The van der Waals surface area contributed by atoms with Crippen molar-refractivity contribution in [1.29, 1.82) is 0 Å². The van der Waals surface area contributed by atoms with E-state index >= 15 is 0 Å². The van der Waals surface area contributed by atoms with Crippen LogP contribution in [0.5, 0.6) is 0 Å². The van der Waals surface area contributed by atoms with Gasteiger partial charge in [0.05, 0.1) is 5.60 Å². The summed E-state index contributed by atoms with van der Waals surface area (Å²) < 4.78 is 0. The van der Waals surface area contributed by atoms with Gasteiger partial charge in [0.25, 0.3) is 0 Å². The van der Waals surface area contributed by atoms with Crippen LogP contribution in [-0.2, 0) is 0 Å². The lowest BCUT2D eigenvalue weighted by Crippen LogP contribution is -2.41. The van der Waals surface area contributed by atoms with Crippen molar-refractivity contribution in [3.63, 3.8) is 0 Å². The molecule has 0 aliphatic heterocycles. The van der Waals surface area contributed by atoms with Crippen molar-refractivity contribution >= 4 is 0 Å². The number of aliphatic hydroxyl groups is 1.